The molecule has 1 aromatic rings. The quantitative estimate of drug-likeness (QED) is 0.746. The highest BCUT2D eigenvalue weighted by Crippen LogP contribution is 2.15. The lowest BCUT2D eigenvalue weighted by atomic mass is 10.1. The van der Waals surface area contributed by atoms with Crippen molar-refractivity contribution >= 4 is 17.3 Å². The number of hydrogen-bond acceptors (Lipinski definition) is 3. The Morgan fingerprint density at radius 3 is 2.88 bits per heavy atom. The Balaban J connectivity index is 2.26. The van der Waals surface area contributed by atoms with Crippen LogP contribution in [-0.4, -0.2) is 16.1 Å². The number of unbranched alkanes of at least 4 members (excludes halogenated alkanes) is 1. The first-order chi connectivity index (χ1) is 7.58. The normalized spacial score (nSPS) is 10.9. The van der Waals surface area contributed by atoms with E-state index in [1.54, 1.807) is 11.3 Å². The van der Waals surface area contributed by atoms with E-state index >= 15 is 0 Å². The van der Waals surface area contributed by atoms with Gasteiger partial charge >= 0.3 is 5.97 Å². The number of carboxylic acid groups (broad SMARTS) is 1. The Morgan fingerprint density at radius 1 is 1.50 bits per heavy atom. The number of carbonyl (C=O) groups is 1. The topological polar surface area (TPSA) is 50.2 Å². The number of rotatable bonds is 7. The predicted octanol–water partition coefficient (Wildman–Crippen LogP) is 3.14. The molecule has 0 aliphatic carbocycles. The number of hydrogen-bond donors (Lipinski definition) is 1. The van der Waals surface area contributed by atoms with Crippen LogP contribution in [-0.2, 0) is 17.6 Å². The van der Waals surface area contributed by atoms with Gasteiger partial charge in [-0.15, -0.1) is 11.3 Å². The summed E-state index contributed by atoms with van der Waals surface area (Å²) in [4.78, 5) is 14.9. The van der Waals surface area contributed by atoms with Crippen molar-refractivity contribution in [1.82, 2.24) is 4.98 Å². The summed E-state index contributed by atoms with van der Waals surface area (Å²) < 4.78 is 0. The highest BCUT2D eigenvalue weighted by Gasteiger charge is 2.04. The Bertz CT molecular complexity index is 334. The second kappa shape index (κ2) is 6.63. The summed E-state index contributed by atoms with van der Waals surface area (Å²) in [6, 6.07) is 0. The van der Waals surface area contributed by atoms with Crippen LogP contribution in [0.5, 0.6) is 0 Å². The van der Waals surface area contributed by atoms with Gasteiger partial charge in [-0.25, -0.2) is 4.98 Å². The number of aliphatic carboxylic acids is 1. The van der Waals surface area contributed by atoms with Crippen molar-refractivity contribution in [3.63, 3.8) is 0 Å². The van der Waals surface area contributed by atoms with E-state index in [0.29, 0.717) is 5.92 Å². The van der Waals surface area contributed by atoms with Gasteiger partial charge in [0, 0.05) is 11.8 Å². The first-order valence-electron chi connectivity index (χ1n) is 5.73. The molecule has 90 valence electrons. The number of carboxylic acids is 1. The Hall–Kier alpha value is -0.900. The molecule has 0 aliphatic heterocycles. The smallest absolute Gasteiger partial charge is 0.303 e. The summed E-state index contributed by atoms with van der Waals surface area (Å²) in [6.07, 6.45) is 3.88. The van der Waals surface area contributed by atoms with Gasteiger partial charge in [0.15, 0.2) is 0 Å². The summed E-state index contributed by atoms with van der Waals surface area (Å²) in [5, 5.41) is 11.8. The van der Waals surface area contributed by atoms with Crippen molar-refractivity contribution in [3.8, 4) is 0 Å². The van der Waals surface area contributed by atoms with Gasteiger partial charge in [-0.3, -0.25) is 4.79 Å². The maximum atomic E-state index is 10.3. The van der Waals surface area contributed by atoms with Crippen LogP contribution in [0.1, 0.15) is 43.8 Å². The standard InChI is InChI=1S/C12H19NO2S/c1-9(2)7-10-8-16-11(13-10)5-3-4-6-12(14)15/h8-9H,3-7H2,1-2H3,(H,14,15). The summed E-state index contributed by atoms with van der Waals surface area (Å²) in [7, 11) is 0. The van der Waals surface area contributed by atoms with Crippen molar-refractivity contribution in [2.45, 2.75) is 46.0 Å². The van der Waals surface area contributed by atoms with E-state index in [9.17, 15) is 4.79 Å². The lowest BCUT2D eigenvalue weighted by molar-refractivity contribution is -0.137. The lowest BCUT2D eigenvalue weighted by Crippen LogP contribution is -1.96. The Morgan fingerprint density at radius 2 is 2.25 bits per heavy atom. The van der Waals surface area contributed by atoms with Crippen LogP contribution >= 0.6 is 11.3 Å². The van der Waals surface area contributed by atoms with Crippen molar-refractivity contribution in [2.24, 2.45) is 5.92 Å². The molecule has 0 atom stereocenters. The number of aryl methyl sites for hydroxylation is 1. The molecule has 3 nitrogen and oxygen atoms in total. The van der Waals surface area contributed by atoms with Crippen LogP contribution in [0.15, 0.2) is 5.38 Å². The Labute approximate surface area is 101 Å². The first-order valence-corrected chi connectivity index (χ1v) is 6.61. The summed E-state index contributed by atoms with van der Waals surface area (Å²) in [5.74, 6) is -0.0680. The first kappa shape index (κ1) is 13.2. The Kier molecular flexibility index (Phi) is 5.46. The van der Waals surface area contributed by atoms with Crippen LogP contribution in [0.3, 0.4) is 0 Å². The molecule has 4 heteroatoms. The van der Waals surface area contributed by atoms with Crippen LogP contribution < -0.4 is 0 Å². The number of aromatic nitrogens is 1. The minimum atomic E-state index is -0.709. The average molecular weight is 241 g/mol. The molecule has 0 saturated heterocycles. The fourth-order valence-corrected chi connectivity index (χ4v) is 2.38. The maximum absolute atomic E-state index is 10.3. The van der Waals surface area contributed by atoms with Gasteiger partial charge in [-0.05, 0) is 31.6 Å². The van der Waals surface area contributed by atoms with Crippen molar-refractivity contribution < 1.29 is 9.90 Å². The number of nitrogens with zero attached hydrogens (tertiary/aromatic N) is 1. The molecular formula is C12H19NO2S. The van der Waals surface area contributed by atoms with Crippen molar-refractivity contribution in [3.05, 3.63) is 16.1 Å². The van der Waals surface area contributed by atoms with Gasteiger partial charge in [0.05, 0.1) is 10.7 Å². The zero-order valence-corrected chi connectivity index (χ0v) is 10.7. The highest BCUT2D eigenvalue weighted by molar-refractivity contribution is 7.09. The highest BCUT2D eigenvalue weighted by atomic mass is 32.1. The van der Waals surface area contributed by atoms with E-state index in [-0.39, 0.29) is 6.42 Å². The molecule has 1 aromatic heterocycles. The zero-order valence-electron chi connectivity index (χ0n) is 9.90. The molecule has 0 spiro atoms. The molecule has 1 N–H and O–H groups in total. The van der Waals surface area contributed by atoms with E-state index in [0.717, 1.165) is 30.7 Å². The molecular weight excluding hydrogens is 222 g/mol. The molecule has 0 amide bonds. The minimum Gasteiger partial charge on any atom is -0.481 e. The molecule has 0 saturated carbocycles. The summed E-state index contributed by atoms with van der Waals surface area (Å²) in [6.45, 7) is 4.37. The van der Waals surface area contributed by atoms with E-state index in [1.807, 2.05) is 0 Å². The second-order valence-electron chi connectivity index (χ2n) is 4.43. The fraction of sp³-hybridized carbons (Fsp3) is 0.667. The third-order valence-corrected chi connectivity index (χ3v) is 3.21. The van der Waals surface area contributed by atoms with Gasteiger partial charge in [-0.1, -0.05) is 13.8 Å². The third-order valence-electron chi connectivity index (χ3n) is 2.25. The molecule has 0 fully saturated rings. The molecule has 0 radical (unpaired) electrons. The van der Waals surface area contributed by atoms with Crippen LogP contribution in [0.4, 0.5) is 0 Å². The zero-order chi connectivity index (χ0) is 12.0. The predicted molar refractivity (Wildman–Crippen MR) is 65.8 cm³/mol. The lowest BCUT2D eigenvalue weighted by Gasteiger charge is -1.99. The molecule has 0 aliphatic rings. The van der Waals surface area contributed by atoms with Gasteiger partial charge < -0.3 is 5.11 Å². The van der Waals surface area contributed by atoms with Crippen LogP contribution in [0.2, 0.25) is 0 Å². The van der Waals surface area contributed by atoms with E-state index in [4.69, 9.17) is 5.11 Å². The molecule has 0 unspecified atom stereocenters. The maximum Gasteiger partial charge on any atom is 0.303 e. The van der Waals surface area contributed by atoms with E-state index < -0.39 is 5.97 Å². The van der Waals surface area contributed by atoms with Gasteiger partial charge in [0.2, 0.25) is 0 Å². The molecule has 1 rings (SSSR count). The molecule has 16 heavy (non-hydrogen) atoms. The molecule has 1 heterocycles. The van der Waals surface area contributed by atoms with Gasteiger partial charge in [0.1, 0.15) is 0 Å². The molecule has 0 aromatic carbocycles. The van der Waals surface area contributed by atoms with Gasteiger partial charge in [-0.2, -0.15) is 0 Å². The minimum absolute atomic E-state index is 0.268. The third kappa shape index (κ3) is 5.26. The summed E-state index contributed by atoms with van der Waals surface area (Å²) in [5.41, 5.74) is 1.17. The van der Waals surface area contributed by atoms with Crippen molar-refractivity contribution in [2.75, 3.05) is 0 Å². The van der Waals surface area contributed by atoms with E-state index in [1.165, 1.54) is 5.69 Å². The van der Waals surface area contributed by atoms with Gasteiger partial charge in [0.25, 0.3) is 0 Å². The SMILES string of the molecule is CC(C)Cc1csc(CCCCC(=O)O)n1. The van der Waals surface area contributed by atoms with E-state index in [2.05, 4.69) is 24.2 Å². The monoisotopic (exact) mass is 241 g/mol. The molecule has 0 bridgehead atoms. The van der Waals surface area contributed by atoms with Crippen molar-refractivity contribution in [1.29, 1.82) is 0 Å². The van der Waals surface area contributed by atoms with Crippen LogP contribution in [0.25, 0.3) is 0 Å². The largest absolute Gasteiger partial charge is 0.481 e. The number of thiazole rings is 1. The fourth-order valence-electron chi connectivity index (χ4n) is 1.53. The second-order valence-corrected chi connectivity index (χ2v) is 5.37. The summed E-state index contributed by atoms with van der Waals surface area (Å²) >= 11 is 1.69. The average Bonchev–Trinajstić information content (AvgIpc) is 2.59. The van der Waals surface area contributed by atoms with Crippen LogP contribution in [0, 0.1) is 5.92 Å².